The molecule has 0 radical (unpaired) electrons. The van der Waals surface area contributed by atoms with Crippen LogP contribution in [0.15, 0.2) is 61.2 Å². The van der Waals surface area contributed by atoms with Crippen molar-refractivity contribution in [1.29, 1.82) is 0 Å². The third kappa shape index (κ3) is 7.54. The van der Waals surface area contributed by atoms with Crippen molar-refractivity contribution in [3.8, 4) is 11.1 Å². The van der Waals surface area contributed by atoms with E-state index in [1.807, 2.05) is 50.5 Å². The van der Waals surface area contributed by atoms with E-state index in [0.29, 0.717) is 17.1 Å². The summed E-state index contributed by atoms with van der Waals surface area (Å²) in [6.07, 6.45) is 2.57. The molecule has 36 heavy (non-hydrogen) atoms. The van der Waals surface area contributed by atoms with Crippen LogP contribution in [0, 0.1) is 6.92 Å². The fourth-order valence-electron chi connectivity index (χ4n) is 3.97. The lowest BCUT2D eigenvalue weighted by Gasteiger charge is -2.23. The first kappa shape index (κ1) is 28.8. The molecule has 5 nitrogen and oxygen atoms in total. The predicted octanol–water partition coefficient (Wildman–Crippen LogP) is 6.65. The van der Waals surface area contributed by atoms with Gasteiger partial charge in [0.15, 0.2) is 0 Å². The Hall–Kier alpha value is -3.41. The molecule has 0 spiro atoms. The Morgan fingerprint density at radius 2 is 1.72 bits per heavy atom. The molecule has 6 heteroatoms. The SMILES string of the molecule is C=Cc1cc(Cl)ccc1N(C)Cc1cc(-c2ccc(CN(C)C)cc2C(=O)OC)ccc1C.CC=O. The summed E-state index contributed by atoms with van der Waals surface area (Å²) in [7, 11) is 7.49. The quantitative estimate of drug-likeness (QED) is 0.253. The molecular formula is C30H35ClN2O3. The van der Waals surface area contributed by atoms with Crippen molar-refractivity contribution in [2.75, 3.05) is 33.2 Å². The summed E-state index contributed by atoms with van der Waals surface area (Å²) in [4.78, 5) is 25.7. The van der Waals surface area contributed by atoms with Gasteiger partial charge in [-0.2, -0.15) is 0 Å². The number of nitrogens with zero attached hydrogens (tertiary/aromatic N) is 2. The van der Waals surface area contributed by atoms with Crippen LogP contribution < -0.4 is 4.90 Å². The maximum Gasteiger partial charge on any atom is 0.338 e. The molecule has 0 unspecified atom stereocenters. The van der Waals surface area contributed by atoms with Crippen molar-refractivity contribution in [1.82, 2.24) is 4.90 Å². The average molecular weight is 507 g/mol. The van der Waals surface area contributed by atoms with Crippen LogP contribution in [0.25, 0.3) is 17.2 Å². The molecule has 0 aliphatic carbocycles. The van der Waals surface area contributed by atoms with Crippen LogP contribution in [0.3, 0.4) is 0 Å². The van der Waals surface area contributed by atoms with Crippen LogP contribution >= 0.6 is 11.6 Å². The van der Waals surface area contributed by atoms with E-state index in [1.54, 1.807) is 0 Å². The summed E-state index contributed by atoms with van der Waals surface area (Å²) < 4.78 is 5.09. The molecule has 0 N–H and O–H groups in total. The molecule has 190 valence electrons. The van der Waals surface area contributed by atoms with E-state index in [0.717, 1.165) is 40.8 Å². The van der Waals surface area contributed by atoms with Gasteiger partial charge >= 0.3 is 5.97 Å². The van der Waals surface area contributed by atoms with Crippen LogP contribution in [-0.4, -0.2) is 45.4 Å². The minimum atomic E-state index is -0.332. The lowest BCUT2D eigenvalue weighted by atomic mass is 9.94. The second-order valence-electron chi connectivity index (χ2n) is 8.75. The third-order valence-electron chi connectivity index (χ3n) is 5.68. The highest BCUT2D eigenvalue weighted by Crippen LogP contribution is 2.30. The zero-order valence-corrected chi connectivity index (χ0v) is 22.7. The number of esters is 1. The minimum absolute atomic E-state index is 0.332. The van der Waals surface area contributed by atoms with Gasteiger partial charge in [0.1, 0.15) is 6.29 Å². The van der Waals surface area contributed by atoms with E-state index in [-0.39, 0.29) is 5.97 Å². The fourth-order valence-corrected chi connectivity index (χ4v) is 4.15. The van der Waals surface area contributed by atoms with Crippen molar-refractivity contribution in [2.45, 2.75) is 26.9 Å². The molecule has 0 saturated carbocycles. The van der Waals surface area contributed by atoms with Gasteiger partial charge in [0.05, 0.1) is 12.7 Å². The van der Waals surface area contributed by atoms with E-state index in [1.165, 1.54) is 25.2 Å². The fraction of sp³-hybridized carbons (Fsp3) is 0.267. The molecule has 3 aromatic rings. The van der Waals surface area contributed by atoms with E-state index < -0.39 is 0 Å². The van der Waals surface area contributed by atoms with Gasteiger partial charge in [-0.15, -0.1) is 0 Å². The van der Waals surface area contributed by atoms with Crippen molar-refractivity contribution in [3.05, 3.63) is 94.0 Å². The number of carbonyl (C=O) groups is 2. The van der Waals surface area contributed by atoms with Gasteiger partial charge in [-0.1, -0.05) is 48.5 Å². The van der Waals surface area contributed by atoms with E-state index in [2.05, 4.69) is 54.6 Å². The number of benzene rings is 3. The van der Waals surface area contributed by atoms with Crippen molar-refractivity contribution in [2.24, 2.45) is 0 Å². The first-order valence-electron chi connectivity index (χ1n) is 11.6. The lowest BCUT2D eigenvalue weighted by molar-refractivity contribution is -0.106. The average Bonchev–Trinajstić information content (AvgIpc) is 2.84. The number of carbonyl (C=O) groups excluding carboxylic acids is 2. The van der Waals surface area contributed by atoms with Crippen LogP contribution in [0.4, 0.5) is 5.69 Å². The number of aryl methyl sites for hydroxylation is 1. The number of anilines is 1. The lowest BCUT2D eigenvalue weighted by Crippen LogP contribution is -2.18. The molecule has 3 rings (SSSR count). The molecule has 0 amide bonds. The smallest absolute Gasteiger partial charge is 0.338 e. The molecule has 0 aliphatic heterocycles. The van der Waals surface area contributed by atoms with Gasteiger partial charge in [-0.25, -0.2) is 4.79 Å². The molecule has 0 atom stereocenters. The molecule has 0 fully saturated rings. The Bertz CT molecular complexity index is 1220. The largest absolute Gasteiger partial charge is 0.465 e. The first-order chi connectivity index (χ1) is 17.1. The highest BCUT2D eigenvalue weighted by atomic mass is 35.5. The number of halogens is 1. The Labute approximate surface area is 220 Å². The molecule has 0 heterocycles. The Kier molecular flexibility index (Phi) is 10.9. The standard InChI is InChI=1S/C28H31ClN2O2.C2H4O/c1-7-21-16-24(29)11-13-27(21)31(5)18-23-15-22(10-8-19(23)2)25-12-9-20(17-30(3)4)14-26(25)28(32)33-6;1-2-3/h7-16H,1,17-18H2,2-6H3;2H,1H3. The van der Waals surface area contributed by atoms with Gasteiger partial charge in [0.2, 0.25) is 0 Å². The molecule has 0 aromatic heterocycles. The van der Waals surface area contributed by atoms with E-state index in [9.17, 15) is 4.79 Å². The maximum absolute atomic E-state index is 12.6. The summed E-state index contributed by atoms with van der Waals surface area (Å²) in [5.41, 5.74) is 7.90. The number of ether oxygens (including phenoxy) is 1. The van der Waals surface area contributed by atoms with Crippen molar-refractivity contribution < 1.29 is 14.3 Å². The molecular weight excluding hydrogens is 472 g/mol. The molecule has 3 aromatic carbocycles. The van der Waals surface area contributed by atoms with Crippen LogP contribution in [0.1, 0.15) is 39.5 Å². The monoisotopic (exact) mass is 506 g/mol. The van der Waals surface area contributed by atoms with E-state index >= 15 is 0 Å². The summed E-state index contributed by atoms with van der Waals surface area (Å²) in [5, 5.41) is 0.688. The zero-order valence-electron chi connectivity index (χ0n) is 22.0. The number of aldehydes is 1. The zero-order chi connectivity index (χ0) is 26.8. The second-order valence-corrected chi connectivity index (χ2v) is 9.19. The first-order valence-corrected chi connectivity index (χ1v) is 12.0. The number of hydrogen-bond acceptors (Lipinski definition) is 5. The Morgan fingerprint density at radius 3 is 2.33 bits per heavy atom. The van der Waals surface area contributed by atoms with Crippen LogP contribution in [-0.2, 0) is 22.6 Å². The van der Waals surface area contributed by atoms with Gasteiger partial charge in [-0.05, 0) is 91.7 Å². The molecule has 0 saturated heterocycles. The van der Waals surface area contributed by atoms with Crippen molar-refractivity contribution >= 4 is 35.6 Å². The van der Waals surface area contributed by atoms with Crippen LogP contribution in [0.2, 0.25) is 5.02 Å². The summed E-state index contributed by atoms with van der Waals surface area (Å²) >= 11 is 6.16. The second kappa shape index (κ2) is 13.6. The summed E-state index contributed by atoms with van der Waals surface area (Å²) in [6.45, 7) is 8.92. The minimum Gasteiger partial charge on any atom is -0.465 e. The highest BCUT2D eigenvalue weighted by molar-refractivity contribution is 6.30. The van der Waals surface area contributed by atoms with Gasteiger partial charge in [0, 0.05) is 30.8 Å². The van der Waals surface area contributed by atoms with Gasteiger partial charge in [-0.3, -0.25) is 0 Å². The van der Waals surface area contributed by atoms with Gasteiger partial charge in [0.25, 0.3) is 0 Å². The summed E-state index contributed by atoms with van der Waals surface area (Å²) in [5.74, 6) is -0.332. The normalized spacial score (nSPS) is 10.3. The number of rotatable bonds is 8. The summed E-state index contributed by atoms with van der Waals surface area (Å²) in [6, 6.07) is 18.1. The Morgan fingerprint density at radius 1 is 1.03 bits per heavy atom. The maximum atomic E-state index is 12.6. The molecule has 0 aliphatic rings. The number of hydrogen-bond donors (Lipinski definition) is 0. The molecule has 0 bridgehead atoms. The topological polar surface area (TPSA) is 49.9 Å². The van der Waals surface area contributed by atoms with E-state index in [4.69, 9.17) is 21.1 Å². The van der Waals surface area contributed by atoms with Crippen molar-refractivity contribution in [3.63, 3.8) is 0 Å². The number of methoxy groups -OCH3 is 1. The highest BCUT2D eigenvalue weighted by Gasteiger charge is 2.16. The van der Waals surface area contributed by atoms with Gasteiger partial charge < -0.3 is 19.3 Å². The Balaban J connectivity index is 0.00000145. The van der Waals surface area contributed by atoms with Crippen LogP contribution in [0.5, 0.6) is 0 Å². The third-order valence-corrected chi connectivity index (χ3v) is 5.91. The predicted molar refractivity (Wildman–Crippen MR) is 151 cm³/mol.